The molecule has 2 rings (SSSR count). The number of aromatic nitrogens is 2. The summed E-state index contributed by atoms with van der Waals surface area (Å²) in [5, 5.41) is 10.4. The molecule has 94 valence electrons. The Kier molecular flexibility index (Phi) is 2.81. The Labute approximate surface area is 102 Å². The molecule has 0 spiro atoms. The molecule has 0 fully saturated rings. The molecule has 2 aromatic rings. The highest BCUT2D eigenvalue weighted by Crippen LogP contribution is 2.31. The second-order valence-corrected chi connectivity index (χ2v) is 3.71. The quantitative estimate of drug-likeness (QED) is 0.593. The summed E-state index contributed by atoms with van der Waals surface area (Å²) in [7, 11) is 0. The molecule has 0 amide bonds. The average molecular weight is 278 g/mol. The number of fused-ring (bicyclic) bond motifs is 1. The van der Waals surface area contributed by atoms with Crippen LogP contribution in [0.2, 0.25) is 5.02 Å². The van der Waals surface area contributed by atoms with Crippen LogP contribution in [0.3, 0.4) is 0 Å². The van der Waals surface area contributed by atoms with Crippen molar-refractivity contribution in [1.29, 1.82) is 0 Å². The number of hydrogen-bond donors (Lipinski definition) is 0. The van der Waals surface area contributed by atoms with E-state index in [0.717, 1.165) is 12.1 Å². The monoisotopic (exact) mass is 277 g/mol. The predicted molar refractivity (Wildman–Crippen MR) is 56.2 cm³/mol. The lowest BCUT2D eigenvalue weighted by molar-refractivity contribution is -0.384. The molecule has 0 unspecified atom stereocenters. The van der Waals surface area contributed by atoms with Gasteiger partial charge in [-0.15, -0.1) is 0 Å². The Bertz CT molecular complexity index is 645. The molecule has 1 heterocycles. The minimum Gasteiger partial charge on any atom is -0.258 e. The van der Waals surface area contributed by atoms with Crippen LogP contribution in [-0.2, 0) is 6.18 Å². The molecular formula is C9H3ClF3N3O2. The molecular weight excluding hydrogens is 275 g/mol. The fraction of sp³-hybridized carbons (Fsp3) is 0.111. The van der Waals surface area contributed by atoms with Crippen LogP contribution in [0.25, 0.3) is 11.0 Å². The van der Waals surface area contributed by atoms with E-state index in [1.54, 1.807) is 0 Å². The molecule has 0 aliphatic heterocycles. The first-order chi connectivity index (χ1) is 8.29. The summed E-state index contributed by atoms with van der Waals surface area (Å²) in [6.07, 6.45) is -4.11. The minimum atomic E-state index is -4.66. The fourth-order valence-electron chi connectivity index (χ4n) is 1.30. The SMILES string of the molecule is O=[N+]([O-])c1cc2nc(C(F)(F)F)cnc2cc1Cl. The third-order valence-corrected chi connectivity index (χ3v) is 2.40. The van der Waals surface area contributed by atoms with E-state index in [0.29, 0.717) is 6.20 Å². The molecule has 9 heteroatoms. The molecule has 1 aromatic carbocycles. The van der Waals surface area contributed by atoms with Gasteiger partial charge in [-0.05, 0) is 6.07 Å². The summed E-state index contributed by atoms with van der Waals surface area (Å²) in [4.78, 5) is 16.6. The van der Waals surface area contributed by atoms with Gasteiger partial charge in [0.1, 0.15) is 5.02 Å². The van der Waals surface area contributed by atoms with Gasteiger partial charge >= 0.3 is 6.18 Å². The molecule has 0 aliphatic rings. The van der Waals surface area contributed by atoms with E-state index in [-0.39, 0.29) is 16.1 Å². The second-order valence-electron chi connectivity index (χ2n) is 3.30. The summed E-state index contributed by atoms with van der Waals surface area (Å²) in [6.45, 7) is 0. The molecule has 5 nitrogen and oxygen atoms in total. The van der Waals surface area contributed by atoms with Crippen molar-refractivity contribution >= 4 is 28.3 Å². The van der Waals surface area contributed by atoms with Crippen LogP contribution in [-0.4, -0.2) is 14.9 Å². The summed E-state index contributed by atoms with van der Waals surface area (Å²) in [5.41, 5.74) is -1.91. The lowest BCUT2D eigenvalue weighted by Gasteiger charge is -2.06. The number of nitro benzene ring substituents is 1. The van der Waals surface area contributed by atoms with Crippen molar-refractivity contribution in [2.75, 3.05) is 0 Å². The van der Waals surface area contributed by atoms with Gasteiger partial charge in [0.15, 0.2) is 5.69 Å². The zero-order valence-electron chi connectivity index (χ0n) is 8.40. The zero-order chi connectivity index (χ0) is 13.5. The maximum absolute atomic E-state index is 12.4. The van der Waals surface area contributed by atoms with Gasteiger partial charge in [0.25, 0.3) is 5.69 Å². The lowest BCUT2D eigenvalue weighted by atomic mass is 10.2. The Morgan fingerprint density at radius 2 is 1.94 bits per heavy atom. The van der Waals surface area contributed by atoms with Crippen molar-refractivity contribution in [1.82, 2.24) is 9.97 Å². The Morgan fingerprint density at radius 3 is 2.50 bits per heavy atom. The Morgan fingerprint density at radius 1 is 1.28 bits per heavy atom. The summed E-state index contributed by atoms with van der Waals surface area (Å²) < 4.78 is 37.2. The van der Waals surface area contributed by atoms with Crippen molar-refractivity contribution in [2.45, 2.75) is 6.18 Å². The van der Waals surface area contributed by atoms with Crippen LogP contribution in [0.5, 0.6) is 0 Å². The molecule has 0 N–H and O–H groups in total. The Hall–Kier alpha value is -1.96. The molecule has 0 radical (unpaired) electrons. The van der Waals surface area contributed by atoms with Crippen molar-refractivity contribution in [3.63, 3.8) is 0 Å². The normalized spacial score (nSPS) is 11.8. The number of halogens is 4. The summed E-state index contributed by atoms with van der Waals surface area (Å²) in [6, 6.07) is 1.96. The van der Waals surface area contributed by atoms with E-state index >= 15 is 0 Å². The third kappa shape index (κ3) is 2.19. The molecule has 0 aliphatic carbocycles. The molecule has 18 heavy (non-hydrogen) atoms. The van der Waals surface area contributed by atoms with Crippen LogP contribution < -0.4 is 0 Å². The fourth-order valence-corrected chi connectivity index (χ4v) is 1.53. The van der Waals surface area contributed by atoms with Crippen LogP contribution in [0, 0.1) is 10.1 Å². The second kappa shape index (κ2) is 4.05. The van der Waals surface area contributed by atoms with Crippen molar-refractivity contribution in [2.24, 2.45) is 0 Å². The Balaban J connectivity index is 2.69. The van der Waals surface area contributed by atoms with E-state index in [1.807, 2.05) is 0 Å². The van der Waals surface area contributed by atoms with Gasteiger partial charge in [0.05, 0.1) is 22.2 Å². The maximum Gasteiger partial charge on any atom is 0.434 e. The van der Waals surface area contributed by atoms with Gasteiger partial charge in [-0.3, -0.25) is 15.1 Å². The highest BCUT2D eigenvalue weighted by Gasteiger charge is 2.33. The van der Waals surface area contributed by atoms with Crippen LogP contribution in [0.4, 0.5) is 18.9 Å². The number of rotatable bonds is 1. The first-order valence-corrected chi connectivity index (χ1v) is 4.85. The first-order valence-electron chi connectivity index (χ1n) is 4.47. The van der Waals surface area contributed by atoms with E-state index < -0.39 is 22.5 Å². The van der Waals surface area contributed by atoms with Gasteiger partial charge < -0.3 is 0 Å². The number of hydrogen-bond acceptors (Lipinski definition) is 4. The molecule has 1 aromatic heterocycles. The smallest absolute Gasteiger partial charge is 0.258 e. The van der Waals surface area contributed by atoms with E-state index in [2.05, 4.69) is 9.97 Å². The number of nitro groups is 1. The summed E-state index contributed by atoms with van der Waals surface area (Å²) in [5.74, 6) is 0. The van der Waals surface area contributed by atoms with Crippen LogP contribution in [0.15, 0.2) is 18.3 Å². The van der Waals surface area contributed by atoms with E-state index in [1.165, 1.54) is 0 Å². The van der Waals surface area contributed by atoms with Gasteiger partial charge in [0.2, 0.25) is 0 Å². The molecule has 0 saturated heterocycles. The van der Waals surface area contributed by atoms with Gasteiger partial charge in [-0.2, -0.15) is 13.2 Å². The molecule has 0 atom stereocenters. The van der Waals surface area contributed by atoms with Gasteiger partial charge in [0, 0.05) is 6.07 Å². The first kappa shape index (κ1) is 12.5. The zero-order valence-corrected chi connectivity index (χ0v) is 9.16. The van der Waals surface area contributed by atoms with Crippen molar-refractivity contribution in [3.05, 3.63) is 39.2 Å². The number of benzene rings is 1. The molecule has 0 saturated carbocycles. The van der Waals surface area contributed by atoms with Gasteiger partial charge in [-0.1, -0.05) is 11.6 Å². The highest BCUT2D eigenvalue weighted by molar-refractivity contribution is 6.33. The molecule has 0 bridgehead atoms. The standard InChI is InChI=1S/C9H3ClF3N3O2/c10-4-1-5-6(2-7(4)16(17)18)15-8(3-14-5)9(11,12)13/h1-3H. The van der Waals surface area contributed by atoms with Gasteiger partial charge in [-0.25, -0.2) is 4.98 Å². The highest BCUT2D eigenvalue weighted by atomic mass is 35.5. The summed E-state index contributed by atoms with van der Waals surface area (Å²) >= 11 is 5.60. The van der Waals surface area contributed by atoms with E-state index in [9.17, 15) is 23.3 Å². The van der Waals surface area contributed by atoms with E-state index in [4.69, 9.17) is 11.6 Å². The number of alkyl halides is 3. The van der Waals surface area contributed by atoms with Crippen molar-refractivity contribution in [3.8, 4) is 0 Å². The average Bonchev–Trinajstić information content (AvgIpc) is 2.25. The number of nitrogens with zero attached hydrogens (tertiary/aromatic N) is 3. The minimum absolute atomic E-state index is 0.0543. The maximum atomic E-state index is 12.4. The van der Waals surface area contributed by atoms with Crippen molar-refractivity contribution < 1.29 is 18.1 Å². The third-order valence-electron chi connectivity index (χ3n) is 2.10. The predicted octanol–water partition coefficient (Wildman–Crippen LogP) is 3.21. The largest absolute Gasteiger partial charge is 0.434 e. The lowest BCUT2D eigenvalue weighted by Crippen LogP contribution is -2.08. The topological polar surface area (TPSA) is 68.9 Å². The van der Waals surface area contributed by atoms with Crippen LogP contribution >= 0.6 is 11.6 Å². The van der Waals surface area contributed by atoms with Crippen LogP contribution in [0.1, 0.15) is 5.69 Å².